The molecular formula is C16H30ClN3O9. The molecule has 0 aromatic carbocycles. The van der Waals surface area contributed by atoms with Crippen molar-refractivity contribution >= 4 is 17.6 Å². The Morgan fingerprint density at radius 1 is 1.28 bits per heavy atom. The first kappa shape index (κ1) is 25.9. The van der Waals surface area contributed by atoms with E-state index in [0.29, 0.717) is 5.01 Å². The SMILES string of the molecule is COCCN(C(=O)N(CCCl)N=O)C(O)[C@H]1O[C@](O)(CC(C)C)[C@H](O)[C@@H](O)[C@@H]1O. The number of methoxy groups -OCH3 is 1. The van der Waals surface area contributed by atoms with Crippen LogP contribution in [0, 0.1) is 10.8 Å². The van der Waals surface area contributed by atoms with Gasteiger partial charge >= 0.3 is 6.03 Å². The second-order valence-corrected chi connectivity index (χ2v) is 7.61. The Balaban J connectivity index is 3.18. The van der Waals surface area contributed by atoms with Crippen LogP contribution in [-0.2, 0) is 9.47 Å². The van der Waals surface area contributed by atoms with Crippen LogP contribution in [0.25, 0.3) is 0 Å². The topological polar surface area (TPSA) is 173 Å². The van der Waals surface area contributed by atoms with Crippen LogP contribution in [-0.4, -0.2) is 111 Å². The molecule has 1 fully saturated rings. The summed E-state index contributed by atoms with van der Waals surface area (Å²) in [6.07, 6.45) is -9.32. The number of nitrogens with zero attached hydrogens (tertiary/aromatic N) is 3. The van der Waals surface area contributed by atoms with Crippen LogP contribution in [0.3, 0.4) is 0 Å². The molecule has 13 heteroatoms. The Hall–Kier alpha value is -1.12. The second-order valence-electron chi connectivity index (χ2n) is 7.23. The highest BCUT2D eigenvalue weighted by Crippen LogP contribution is 2.34. The molecule has 0 spiro atoms. The third-order valence-corrected chi connectivity index (χ3v) is 4.69. The normalized spacial score (nSPS) is 30.8. The van der Waals surface area contributed by atoms with Crippen LogP contribution < -0.4 is 0 Å². The molecule has 1 saturated heterocycles. The molecule has 0 aromatic heterocycles. The van der Waals surface area contributed by atoms with Crippen molar-refractivity contribution in [2.24, 2.45) is 11.2 Å². The van der Waals surface area contributed by atoms with Crippen LogP contribution in [0.5, 0.6) is 0 Å². The lowest BCUT2D eigenvalue weighted by atomic mass is 9.87. The van der Waals surface area contributed by atoms with Crippen molar-refractivity contribution in [3.05, 3.63) is 4.91 Å². The highest BCUT2D eigenvalue weighted by Gasteiger charge is 2.55. The number of halogens is 1. The number of nitroso groups, excluding NO2 is 1. The third kappa shape index (κ3) is 6.18. The summed E-state index contributed by atoms with van der Waals surface area (Å²) in [6.45, 7) is 2.92. The monoisotopic (exact) mass is 443 g/mol. The van der Waals surface area contributed by atoms with Gasteiger partial charge in [-0.2, -0.15) is 5.01 Å². The van der Waals surface area contributed by atoms with Crippen LogP contribution >= 0.6 is 11.6 Å². The lowest BCUT2D eigenvalue weighted by molar-refractivity contribution is -0.367. The molecule has 2 amide bonds. The number of ether oxygens (including phenoxy) is 2. The van der Waals surface area contributed by atoms with Gasteiger partial charge in [0.15, 0.2) is 12.0 Å². The van der Waals surface area contributed by atoms with E-state index < -0.39 is 42.5 Å². The number of carbonyl (C=O) groups excluding carboxylic acids is 1. The molecule has 1 unspecified atom stereocenters. The molecule has 0 aliphatic carbocycles. The van der Waals surface area contributed by atoms with Gasteiger partial charge in [-0.25, -0.2) is 4.79 Å². The Kier molecular flexibility index (Phi) is 10.1. The molecule has 1 heterocycles. The van der Waals surface area contributed by atoms with Gasteiger partial charge in [-0.1, -0.05) is 13.8 Å². The Labute approximate surface area is 173 Å². The largest absolute Gasteiger partial charge is 0.387 e. The molecule has 1 aliphatic rings. The van der Waals surface area contributed by atoms with Gasteiger partial charge in [0.1, 0.15) is 24.4 Å². The first-order valence-corrected chi connectivity index (χ1v) is 9.66. The van der Waals surface area contributed by atoms with E-state index in [1.807, 2.05) is 0 Å². The number of urea groups is 1. The van der Waals surface area contributed by atoms with Crippen molar-refractivity contribution in [1.29, 1.82) is 0 Å². The zero-order valence-corrected chi connectivity index (χ0v) is 17.3. The van der Waals surface area contributed by atoms with E-state index in [1.54, 1.807) is 13.8 Å². The standard InChI is InChI=1S/C16H30ClN3O9/c1-9(2)8-16(26)13(23)11(22)10(21)12(29-16)14(24)19(6-7-28-3)15(25)20(18-27)5-4-17/h9-14,21-24,26H,4-8H2,1-3H3/t10-,11-,12-,13+,14?,16+/m0/s1. The van der Waals surface area contributed by atoms with E-state index in [2.05, 4.69) is 5.29 Å². The highest BCUT2D eigenvalue weighted by molar-refractivity contribution is 6.18. The summed E-state index contributed by atoms with van der Waals surface area (Å²) in [5, 5.41) is 55.1. The molecular weight excluding hydrogens is 414 g/mol. The van der Waals surface area contributed by atoms with Gasteiger partial charge < -0.3 is 35.0 Å². The van der Waals surface area contributed by atoms with Crippen molar-refractivity contribution < 1.29 is 39.8 Å². The van der Waals surface area contributed by atoms with Crippen molar-refractivity contribution in [1.82, 2.24) is 9.91 Å². The van der Waals surface area contributed by atoms with Crippen molar-refractivity contribution in [3.8, 4) is 0 Å². The minimum Gasteiger partial charge on any atom is -0.387 e. The van der Waals surface area contributed by atoms with Crippen LogP contribution in [0.1, 0.15) is 20.3 Å². The summed E-state index contributed by atoms with van der Waals surface area (Å²) in [5.41, 5.74) is 0. The summed E-state index contributed by atoms with van der Waals surface area (Å²) in [7, 11) is 1.34. The first-order chi connectivity index (χ1) is 13.5. The summed E-state index contributed by atoms with van der Waals surface area (Å²) < 4.78 is 10.3. The van der Waals surface area contributed by atoms with Gasteiger partial charge in [0.05, 0.1) is 18.4 Å². The fourth-order valence-electron chi connectivity index (χ4n) is 3.12. The zero-order chi connectivity index (χ0) is 22.4. The molecule has 29 heavy (non-hydrogen) atoms. The highest BCUT2D eigenvalue weighted by atomic mass is 35.5. The van der Waals surface area contributed by atoms with E-state index in [1.165, 1.54) is 7.11 Å². The lowest BCUT2D eigenvalue weighted by Gasteiger charge is -2.49. The number of rotatable bonds is 10. The number of aliphatic hydroxyl groups is 5. The molecule has 12 nitrogen and oxygen atoms in total. The molecule has 170 valence electrons. The fraction of sp³-hybridized carbons (Fsp3) is 0.938. The van der Waals surface area contributed by atoms with Gasteiger partial charge in [0.25, 0.3) is 0 Å². The number of alkyl halides is 1. The van der Waals surface area contributed by atoms with Gasteiger partial charge in [-0.05, 0) is 5.92 Å². The molecule has 0 radical (unpaired) electrons. The number of amides is 2. The summed E-state index contributed by atoms with van der Waals surface area (Å²) in [5.74, 6) is -2.57. The van der Waals surface area contributed by atoms with E-state index >= 15 is 0 Å². The maximum atomic E-state index is 12.6. The Morgan fingerprint density at radius 3 is 2.38 bits per heavy atom. The van der Waals surface area contributed by atoms with E-state index in [9.17, 15) is 35.2 Å². The predicted octanol–water partition coefficient (Wildman–Crippen LogP) is -1.19. The van der Waals surface area contributed by atoms with E-state index in [-0.39, 0.29) is 37.9 Å². The van der Waals surface area contributed by atoms with Gasteiger partial charge in [0.2, 0.25) is 0 Å². The minimum absolute atomic E-state index is 0.0549. The molecule has 1 aliphatic heterocycles. The summed E-state index contributed by atoms with van der Waals surface area (Å²) in [6, 6.07) is -1.05. The zero-order valence-electron chi connectivity index (χ0n) is 16.6. The number of hydrogen-bond acceptors (Lipinski definition) is 10. The van der Waals surface area contributed by atoms with E-state index in [0.717, 1.165) is 4.90 Å². The lowest BCUT2D eigenvalue weighted by Crippen LogP contribution is -2.69. The molecule has 0 saturated carbocycles. The average molecular weight is 444 g/mol. The number of carbonyl (C=O) groups is 1. The van der Waals surface area contributed by atoms with Crippen molar-refractivity contribution in [3.63, 3.8) is 0 Å². The fourth-order valence-corrected chi connectivity index (χ4v) is 3.28. The van der Waals surface area contributed by atoms with E-state index in [4.69, 9.17) is 21.1 Å². The molecule has 0 aromatic rings. The first-order valence-electron chi connectivity index (χ1n) is 9.12. The van der Waals surface area contributed by atoms with Gasteiger partial charge in [-0.3, -0.25) is 4.90 Å². The predicted molar refractivity (Wildman–Crippen MR) is 101 cm³/mol. The number of aliphatic hydroxyl groups excluding tert-OH is 4. The quantitative estimate of drug-likeness (QED) is 0.120. The van der Waals surface area contributed by atoms with Gasteiger partial charge in [-0.15, -0.1) is 16.5 Å². The van der Waals surface area contributed by atoms with Crippen LogP contribution in [0.4, 0.5) is 4.79 Å². The maximum Gasteiger partial charge on any atom is 0.345 e. The maximum absolute atomic E-state index is 12.6. The van der Waals surface area contributed by atoms with Crippen molar-refractivity contribution in [2.45, 2.75) is 56.7 Å². The average Bonchev–Trinajstić information content (AvgIpc) is 2.66. The molecule has 6 atom stereocenters. The van der Waals surface area contributed by atoms with Gasteiger partial charge in [0, 0.05) is 26.0 Å². The van der Waals surface area contributed by atoms with Crippen molar-refractivity contribution in [2.75, 3.05) is 32.7 Å². The molecule has 0 bridgehead atoms. The van der Waals surface area contributed by atoms with Crippen LogP contribution in [0.15, 0.2) is 5.29 Å². The summed E-state index contributed by atoms with van der Waals surface area (Å²) >= 11 is 5.54. The third-order valence-electron chi connectivity index (χ3n) is 4.52. The van der Waals surface area contributed by atoms with Crippen LogP contribution in [0.2, 0.25) is 0 Å². The molecule has 1 rings (SSSR count). The molecule has 5 N–H and O–H groups in total. The Bertz CT molecular complexity index is 544. The smallest absolute Gasteiger partial charge is 0.345 e. The minimum atomic E-state index is -2.28. The summed E-state index contributed by atoms with van der Waals surface area (Å²) in [4.78, 5) is 24.3. The number of hydrogen-bond donors (Lipinski definition) is 5. The Morgan fingerprint density at radius 2 is 1.90 bits per heavy atom. The second kappa shape index (κ2) is 11.3.